The van der Waals surface area contributed by atoms with Crippen LogP contribution in [0.5, 0.6) is 0 Å². The van der Waals surface area contributed by atoms with E-state index in [9.17, 15) is 106 Å². The molecule has 8 heterocycles. The fraction of sp³-hybridized carbons (Fsp3) is 0.586. The average Bonchev–Trinajstić information content (AvgIpc) is 1.52. The molecule has 8 aliphatic rings. The molecule has 48 nitrogen and oxygen atoms in total. The van der Waals surface area contributed by atoms with E-state index in [4.69, 9.17) is 46.3 Å². The van der Waals surface area contributed by atoms with Crippen LogP contribution in [0.25, 0.3) is 0 Å². The van der Waals surface area contributed by atoms with Gasteiger partial charge in [0.05, 0.1) is 6.61 Å². The van der Waals surface area contributed by atoms with Crippen LogP contribution < -0.4 is 0 Å². The minimum Gasteiger partial charge on any atom is -0.464 e. The van der Waals surface area contributed by atoms with E-state index in [1.807, 2.05) is 0 Å². The zero-order chi connectivity index (χ0) is 87.1. The Balaban J connectivity index is 0.000000652. The highest BCUT2D eigenvalue weighted by molar-refractivity contribution is 7.83. The molecule has 0 radical (unpaired) electrons. The Bertz CT molecular complexity index is 4720. The van der Waals surface area contributed by atoms with Crippen molar-refractivity contribution >= 4 is 131 Å². The third-order valence-corrected chi connectivity index (χ3v) is 18.3. The maximum absolute atomic E-state index is 11.3. The second-order valence-electron chi connectivity index (χ2n) is 21.0. The van der Waals surface area contributed by atoms with E-state index < -0.39 is 198 Å². The van der Waals surface area contributed by atoms with Gasteiger partial charge in [0.25, 0.3) is 0 Å². The first kappa shape index (κ1) is 103. The lowest BCUT2D eigenvalue weighted by Crippen LogP contribution is -2.34. The number of terminal acetylenes is 5. The number of carbonyl (C=O) groups excluding carboxylic acids is 8. The van der Waals surface area contributed by atoms with Crippen molar-refractivity contribution in [1.29, 1.82) is 0 Å². The molecule has 0 bridgehead atoms. The van der Waals surface area contributed by atoms with Gasteiger partial charge in [0, 0.05) is 12.8 Å². The van der Waals surface area contributed by atoms with Crippen LogP contribution >= 0.6 is 0 Å². The number of carbonyl (C=O) groups is 8. The molecule has 10 atom stereocenters. The number of hydrogen-bond acceptors (Lipinski definition) is 48. The van der Waals surface area contributed by atoms with E-state index >= 15 is 0 Å². The molecular weight excluding hydrogens is 1720 g/mol. The van der Waals surface area contributed by atoms with Crippen LogP contribution in [0, 0.1) is 85.4 Å². The monoisotopic (exact) mass is 1790 g/mol. The second kappa shape index (κ2) is 48.7. The summed E-state index contributed by atoms with van der Waals surface area (Å²) in [5, 5.41) is 0. The SMILES string of the molecule is C#CC(C)(C)OC(=O)C1COS(=O)(=O)O1.C#CC(C)OC(=O)C1COS(=O)(=O)O1.C#CCCCOC(=O)C1COS(=O)(=O)O1.C#CCCOC(=O)C1COS(=O)(=O)O1.C#CCOC(=O)C1COS(=O)(=O)O1.C=C(C)COC(=O)C1COS(=O)(=O)O1.CC#CC(C)OC(=O)C1COS(=O)(=O)O1.CC#CCOC(=O)C1COS(=O)(=O)O1. The maximum atomic E-state index is 11.3. The topological polar surface area (TPSA) is 631 Å². The van der Waals surface area contributed by atoms with Crippen LogP contribution in [0.4, 0.5) is 0 Å². The molecule has 0 spiro atoms. The average molecular weight is 1790 g/mol. The van der Waals surface area contributed by atoms with Gasteiger partial charge in [-0.3, -0.25) is 0 Å². The van der Waals surface area contributed by atoms with Gasteiger partial charge in [-0.2, -0.15) is 67.3 Å². The number of unbranched alkanes of at least 4 members (excludes halogenated alkanes) is 1. The Morgan fingerprint density at radius 1 is 0.395 bits per heavy atom. The standard InChI is InChI=1S/3C8H10O6S.C7H10O6S.3C7H8O6S.C6H6O6S/c1-4-8(2,3)13-7(9)6-5-12-15(10,11)14-6;1-3-4-6(2)13-8(9)7-5-12-15(10,11)14-7;1-2-3-4-5-12-8(9)7-6-13-15(10,11)14-7;1-5(2)3-11-7(8)6-4-12-14(9,10)13-6;1-3-5(2)12-7(8)6-4-11-14(9,10)13-6;2*1-2-3-4-11-7(8)6-5-12-14(9,10)13-6;1-2-3-10-6(7)5-4-11-13(8,9)12-5/h1,6H,5H2,2-3H3;6-7H,5H2,1-2H3;1,7H,3-6H2;6H,1,3-4H2,2H3;1,5-6H,4H2,2H3;6H,4-5H2,1H3;1,6H,3-5H2;1,5H,3-4H2. The van der Waals surface area contributed by atoms with Crippen molar-refractivity contribution in [1.82, 2.24) is 0 Å². The van der Waals surface area contributed by atoms with Crippen LogP contribution in [-0.4, -0.2) is 268 Å². The molecule has 0 saturated carbocycles. The summed E-state index contributed by atoms with van der Waals surface area (Å²) in [6, 6.07) is 0. The summed E-state index contributed by atoms with van der Waals surface area (Å²) in [5.41, 5.74) is -0.451. The van der Waals surface area contributed by atoms with Crippen molar-refractivity contribution in [2.75, 3.05) is 85.9 Å². The lowest BCUT2D eigenvalue weighted by atomic mass is 10.1. The van der Waals surface area contributed by atoms with E-state index in [2.05, 4.69) is 150 Å². The molecule has 8 aliphatic heterocycles. The summed E-state index contributed by atoms with van der Waals surface area (Å²) in [4.78, 5) is 89.0. The second-order valence-corrected chi connectivity index (χ2v) is 31.0. The number of esters is 8. The minimum absolute atomic E-state index is 0.0369. The molecule has 10 unspecified atom stereocenters. The summed E-state index contributed by atoms with van der Waals surface area (Å²) in [5.74, 6) is 14.7. The van der Waals surface area contributed by atoms with Gasteiger partial charge in [-0.1, -0.05) is 36.2 Å². The van der Waals surface area contributed by atoms with Gasteiger partial charge in [0.15, 0.2) is 31.0 Å². The summed E-state index contributed by atoms with van der Waals surface area (Å²) in [7, 11) is -32.2. The molecule has 638 valence electrons. The first-order chi connectivity index (χ1) is 52.7. The molecule has 0 amide bonds. The van der Waals surface area contributed by atoms with Crippen LogP contribution in [0.2, 0.25) is 0 Å². The Labute approximate surface area is 655 Å². The first-order valence-corrected chi connectivity index (χ1v) is 41.2. The van der Waals surface area contributed by atoms with Crippen LogP contribution in [0.15, 0.2) is 12.2 Å². The normalized spacial score (nSPS) is 24.5. The van der Waals surface area contributed by atoms with Gasteiger partial charge >= 0.3 is 131 Å². The van der Waals surface area contributed by atoms with Gasteiger partial charge in [0.1, 0.15) is 66.1 Å². The first-order valence-electron chi connectivity index (χ1n) is 30.5. The predicted octanol–water partition coefficient (Wildman–Crippen LogP) is -4.97. The highest BCUT2D eigenvalue weighted by atomic mass is 32.3. The highest BCUT2D eigenvalue weighted by Crippen LogP contribution is 2.21. The van der Waals surface area contributed by atoms with Gasteiger partial charge in [-0.15, -0.1) is 55.8 Å². The molecule has 0 aromatic carbocycles. The zero-order valence-corrected chi connectivity index (χ0v) is 66.6. The third-order valence-electron chi connectivity index (χ3n) is 11.2. The predicted molar refractivity (Wildman–Crippen MR) is 364 cm³/mol. The smallest absolute Gasteiger partial charge is 0.400 e. The van der Waals surface area contributed by atoms with Gasteiger partial charge in [-0.05, 0) is 60.5 Å². The van der Waals surface area contributed by atoms with Crippen molar-refractivity contribution in [3.63, 3.8) is 0 Å². The Morgan fingerprint density at radius 2 is 0.684 bits per heavy atom. The van der Waals surface area contributed by atoms with Crippen LogP contribution in [0.1, 0.15) is 67.7 Å². The minimum atomic E-state index is -4.06. The van der Waals surface area contributed by atoms with Gasteiger partial charge in [0.2, 0.25) is 48.8 Å². The molecule has 114 heavy (non-hydrogen) atoms. The quantitative estimate of drug-likeness (QED) is 0.0362. The molecular formula is C58H70O48S8. The molecule has 8 saturated heterocycles. The van der Waals surface area contributed by atoms with E-state index in [-0.39, 0.29) is 92.3 Å². The summed E-state index contributed by atoms with van der Waals surface area (Å²) in [6.45, 7) is 11.5. The molecule has 0 aromatic rings. The fourth-order valence-corrected chi connectivity index (χ4v) is 12.3. The molecule has 56 heteroatoms. The van der Waals surface area contributed by atoms with Crippen LogP contribution in [-0.2, 0) is 226 Å². The Hall–Kier alpha value is -8.62. The van der Waals surface area contributed by atoms with Crippen molar-refractivity contribution in [3.8, 4) is 85.4 Å². The fourth-order valence-electron chi connectivity index (χ4n) is 6.22. The third kappa shape index (κ3) is 43.7. The zero-order valence-electron chi connectivity index (χ0n) is 60.0. The van der Waals surface area contributed by atoms with E-state index in [0.717, 1.165) is 0 Å². The highest BCUT2D eigenvalue weighted by Gasteiger charge is 2.43. The van der Waals surface area contributed by atoms with E-state index in [0.29, 0.717) is 18.4 Å². The van der Waals surface area contributed by atoms with Crippen molar-refractivity contribution in [2.45, 2.75) is 134 Å². The van der Waals surface area contributed by atoms with Gasteiger partial charge < -0.3 is 37.9 Å². The number of rotatable bonds is 20. The van der Waals surface area contributed by atoms with E-state index in [1.54, 1.807) is 27.7 Å². The van der Waals surface area contributed by atoms with Crippen molar-refractivity contribution in [2.24, 2.45) is 0 Å². The Morgan fingerprint density at radius 3 is 0.956 bits per heavy atom. The lowest BCUT2D eigenvalue weighted by Gasteiger charge is -2.19. The number of ether oxygens (including phenoxy) is 8. The van der Waals surface area contributed by atoms with Crippen molar-refractivity contribution in [3.05, 3.63) is 12.2 Å². The summed E-state index contributed by atoms with van der Waals surface area (Å²) < 4.78 is 275. The number of hydrogen-bond donors (Lipinski definition) is 0. The Kier molecular flexibility index (Phi) is 44.1. The molecule has 8 fully saturated rings. The van der Waals surface area contributed by atoms with Crippen molar-refractivity contribution < 1.29 is 211 Å². The van der Waals surface area contributed by atoms with E-state index in [1.165, 1.54) is 20.8 Å². The lowest BCUT2D eigenvalue weighted by molar-refractivity contribution is -0.159. The van der Waals surface area contributed by atoms with Gasteiger partial charge in [-0.25, -0.2) is 105 Å². The molecule has 0 N–H and O–H groups in total. The molecule has 8 rings (SSSR count). The summed E-state index contributed by atoms with van der Waals surface area (Å²) >= 11 is 0. The van der Waals surface area contributed by atoms with Crippen LogP contribution in [0.3, 0.4) is 0 Å². The maximum Gasteiger partial charge on any atom is 0.400 e. The molecule has 0 aromatic heterocycles. The summed E-state index contributed by atoms with van der Waals surface area (Å²) in [6.07, 6.45) is 14.9. The molecule has 0 aliphatic carbocycles. The largest absolute Gasteiger partial charge is 0.464 e.